The number of rotatable bonds is 6. The minimum atomic E-state index is 0.0702. The first kappa shape index (κ1) is 16.0. The highest BCUT2D eigenvalue weighted by molar-refractivity contribution is 5.97. The van der Waals surface area contributed by atoms with E-state index in [1.807, 2.05) is 32.0 Å². The molecule has 20 heavy (non-hydrogen) atoms. The summed E-state index contributed by atoms with van der Waals surface area (Å²) in [6.07, 6.45) is 1.70. The molecule has 110 valence electrons. The van der Waals surface area contributed by atoms with E-state index in [4.69, 9.17) is 10.9 Å². The number of oxime groups is 1. The number of nitrogens with zero attached hydrogens (tertiary/aromatic N) is 2. The van der Waals surface area contributed by atoms with Crippen molar-refractivity contribution in [2.45, 2.75) is 33.2 Å². The van der Waals surface area contributed by atoms with Crippen LogP contribution in [-0.2, 0) is 11.3 Å². The summed E-state index contributed by atoms with van der Waals surface area (Å²) >= 11 is 0. The third kappa shape index (κ3) is 3.98. The van der Waals surface area contributed by atoms with Crippen molar-refractivity contribution in [3.8, 4) is 0 Å². The first-order valence-electron chi connectivity index (χ1n) is 6.85. The lowest BCUT2D eigenvalue weighted by molar-refractivity contribution is -0.134. The van der Waals surface area contributed by atoms with Crippen molar-refractivity contribution in [1.82, 2.24) is 4.90 Å². The maximum Gasteiger partial charge on any atom is 0.225 e. The molecule has 0 atom stereocenters. The summed E-state index contributed by atoms with van der Waals surface area (Å²) in [6, 6.07) is 7.34. The molecule has 1 rings (SSSR count). The van der Waals surface area contributed by atoms with Gasteiger partial charge in [-0.2, -0.15) is 0 Å². The first-order valence-corrected chi connectivity index (χ1v) is 6.85. The highest BCUT2D eigenvalue weighted by Crippen LogP contribution is 2.14. The predicted octanol–water partition coefficient (Wildman–Crippen LogP) is 2.18. The number of nitrogens with two attached hydrogens (primary N) is 1. The molecule has 0 saturated heterocycles. The molecule has 0 heterocycles. The van der Waals surface area contributed by atoms with E-state index in [0.29, 0.717) is 12.1 Å². The highest BCUT2D eigenvalue weighted by atomic mass is 16.4. The third-order valence-corrected chi connectivity index (χ3v) is 3.46. The summed E-state index contributed by atoms with van der Waals surface area (Å²) in [5, 5.41) is 11.7. The number of hydrogen-bond donors (Lipinski definition) is 2. The van der Waals surface area contributed by atoms with E-state index in [2.05, 4.69) is 5.16 Å². The molecule has 0 aliphatic rings. The summed E-state index contributed by atoms with van der Waals surface area (Å²) in [6.45, 7) is 4.57. The largest absolute Gasteiger partial charge is 0.409 e. The predicted molar refractivity (Wildman–Crippen MR) is 79.5 cm³/mol. The monoisotopic (exact) mass is 277 g/mol. The molecule has 5 nitrogen and oxygen atoms in total. The fraction of sp³-hybridized carbons (Fsp3) is 0.467. The maximum atomic E-state index is 12.2. The van der Waals surface area contributed by atoms with Gasteiger partial charge >= 0.3 is 0 Å². The molecule has 0 radical (unpaired) electrons. The Morgan fingerprint density at radius 2 is 2.05 bits per heavy atom. The second-order valence-corrected chi connectivity index (χ2v) is 4.89. The van der Waals surface area contributed by atoms with E-state index in [0.717, 1.165) is 18.4 Å². The third-order valence-electron chi connectivity index (χ3n) is 3.46. The van der Waals surface area contributed by atoms with Gasteiger partial charge in [-0.15, -0.1) is 0 Å². The van der Waals surface area contributed by atoms with Gasteiger partial charge in [0, 0.05) is 25.1 Å². The number of hydrogen-bond acceptors (Lipinski definition) is 3. The summed E-state index contributed by atoms with van der Waals surface area (Å²) in [4.78, 5) is 13.9. The van der Waals surface area contributed by atoms with Crippen molar-refractivity contribution in [3.05, 3.63) is 35.4 Å². The molecule has 0 aliphatic carbocycles. The zero-order valence-corrected chi connectivity index (χ0v) is 12.3. The minimum absolute atomic E-state index is 0.0702. The molecule has 1 amide bonds. The maximum absolute atomic E-state index is 12.2. The van der Waals surface area contributed by atoms with Gasteiger partial charge in [-0.25, -0.2) is 0 Å². The highest BCUT2D eigenvalue weighted by Gasteiger charge is 2.18. The molecule has 0 spiro atoms. The zero-order chi connectivity index (χ0) is 15.1. The lowest BCUT2D eigenvalue weighted by Crippen LogP contribution is -2.32. The van der Waals surface area contributed by atoms with Crippen molar-refractivity contribution < 1.29 is 10.0 Å². The van der Waals surface area contributed by atoms with Crippen molar-refractivity contribution in [1.29, 1.82) is 0 Å². The number of benzene rings is 1. The normalized spacial score (nSPS) is 11.7. The van der Waals surface area contributed by atoms with Gasteiger partial charge < -0.3 is 15.8 Å². The van der Waals surface area contributed by atoms with Gasteiger partial charge in [0.15, 0.2) is 5.84 Å². The Labute approximate surface area is 120 Å². The minimum Gasteiger partial charge on any atom is -0.409 e. The molecule has 0 unspecified atom stereocenters. The summed E-state index contributed by atoms with van der Waals surface area (Å²) in [5.74, 6) is 0.303. The Bertz CT molecular complexity index is 482. The van der Waals surface area contributed by atoms with Crippen molar-refractivity contribution in [3.63, 3.8) is 0 Å². The lowest BCUT2D eigenvalue weighted by Gasteiger charge is -2.22. The molecule has 0 aliphatic heterocycles. The number of amides is 1. The van der Waals surface area contributed by atoms with Gasteiger partial charge in [0.25, 0.3) is 0 Å². The van der Waals surface area contributed by atoms with Gasteiger partial charge in [-0.1, -0.05) is 37.2 Å². The molecule has 0 bridgehead atoms. The Kier molecular flexibility index (Phi) is 6.03. The molecular formula is C15H23N3O2. The van der Waals surface area contributed by atoms with Gasteiger partial charge in [-0.3, -0.25) is 4.79 Å². The smallest absolute Gasteiger partial charge is 0.225 e. The van der Waals surface area contributed by atoms with Gasteiger partial charge in [0.2, 0.25) is 5.91 Å². The molecule has 1 aromatic rings. The van der Waals surface area contributed by atoms with Gasteiger partial charge in [0.05, 0.1) is 0 Å². The average molecular weight is 277 g/mol. The number of amidine groups is 1. The van der Waals surface area contributed by atoms with E-state index in [9.17, 15) is 4.79 Å². The fourth-order valence-electron chi connectivity index (χ4n) is 2.19. The summed E-state index contributed by atoms with van der Waals surface area (Å²) < 4.78 is 0. The number of carbonyl (C=O) groups is 1. The van der Waals surface area contributed by atoms with Crippen molar-refractivity contribution in [2.24, 2.45) is 16.8 Å². The quantitative estimate of drug-likeness (QED) is 0.362. The van der Waals surface area contributed by atoms with Crippen LogP contribution in [0.15, 0.2) is 29.4 Å². The second kappa shape index (κ2) is 7.53. The second-order valence-electron chi connectivity index (χ2n) is 4.89. The van der Waals surface area contributed by atoms with E-state index >= 15 is 0 Å². The molecule has 5 heteroatoms. The van der Waals surface area contributed by atoms with Crippen LogP contribution in [-0.4, -0.2) is 28.9 Å². The number of carbonyl (C=O) groups excluding carboxylic acids is 1. The van der Waals surface area contributed by atoms with E-state index < -0.39 is 0 Å². The molecule has 0 aromatic heterocycles. The van der Waals surface area contributed by atoms with Crippen LogP contribution in [0.5, 0.6) is 0 Å². The van der Waals surface area contributed by atoms with Crippen LogP contribution in [0, 0.1) is 5.92 Å². The van der Waals surface area contributed by atoms with Crippen LogP contribution >= 0.6 is 0 Å². The zero-order valence-electron chi connectivity index (χ0n) is 12.3. The summed E-state index contributed by atoms with van der Waals surface area (Å²) in [7, 11) is 1.80. The topological polar surface area (TPSA) is 78.9 Å². The Hall–Kier alpha value is -2.04. The molecule has 1 aromatic carbocycles. The van der Waals surface area contributed by atoms with Crippen LogP contribution < -0.4 is 5.73 Å². The first-order chi connectivity index (χ1) is 9.53. The van der Waals surface area contributed by atoms with Crippen LogP contribution in [0.1, 0.15) is 37.8 Å². The van der Waals surface area contributed by atoms with E-state index in [-0.39, 0.29) is 17.7 Å². The van der Waals surface area contributed by atoms with E-state index in [1.54, 1.807) is 18.0 Å². The van der Waals surface area contributed by atoms with Gasteiger partial charge in [0.1, 0.15) is 0 Å². The van der Waals surface area contributed by atoms with E-state index in [1.165, 1.54) is 0 Å². The lowest BCUT2D eigenvalue weighted by atomic mass is 10.0. The fourth-order valence-corrected chi connectivity index (χ4v) is 2.19. The molecular weight excluding hydrogens is 254 g/mol. The Balaban J connectivity index is 2.80. The van der Waals surface area contributed by atoms with Crippen molar-refractivity contribution >= 4 is 11.7 Å². The standard InChI is InChI=1S/C15H23N3O2/c1-4-12(5-2)15(19)18(3)10-11-7-6-8-13(9-11)14(16)17-20/h6-9,12,20H,4-5,10H2,1-3H3,(H2,16,17). The summed E-state index contributed by atoms with van der Waals surface area (Å²) in [5.41, 5.74) is 7.17. The van der Waals surface area contributed by atoms with Crippen LogP contribution in [0.3, 0.4) is 0 Å². The molecule has 0 fully saturated rings. The Morgan fingerprint density at radius 3 is 2.60 bits per heavy atom. The van der Waals surface area contributed by atoms with Crippen LogP contribution in [0.25, 0.3) is 0 Å². The van der Waals surface area contributed by atoms with Gasteiger partial charge in [-0.05, 0) is 24.5 Å². The molecule has 3 N–H and O–H groups in total. The van der Waals surface area contributed by atoms with Crippen LogP contribution in [0.4, 0.5) is 0 Å². The van der Waals surface area contributed by atoms with Crippen LogP contribution in [0.2, 0.25) is 0 Å². The Morgan fingerprint density at radius 1 is 1.40 bits per heavy atom. The SMILES string of the molecule is CCC(CC)C(=O)N(C)Cc1cccc(C(N)=NO)c1. The molecule has 0 saturated carbocycles. The average Bonchev–Trinajstić information content (AvgIpc) is 2.47. The van der Waals surface area contributed by atoms with Crippen molar-refractivity contribution in [2.75, 3.05) is 7.05 Å².